The number of nitrogens with zero attached hydrogens (tertiary/aromatic N) is 2. The quantitative estimate of drug-likeness (QED) is 0.220. The van der Waals surface area contributed by atoms with Gasteiger partial charge in [-0.2, -0.15) is 0 Å². The first-order chi connectivity index (χ1) is 18.3. The van der Waals surface area contributed by atoms with Crippen molar-refractivity contribution in [2.45, 2.75) is 31.7 Å². The van der Waals surface area contributed by atoms with Gasteiger partial charge in [-0.15, -0.1) is 11.8 Å². The molecule has 0 N–H and O–H groups in total. The summed E-state index contributed by atoms with van der Waals surface area (Å²) in [4.78, 5) is 33.0. The molecule has 2 aromatic carbocycles. The predicted molar refractivity (Wildman–Crippen MR) is 153 cm³/mol. The molecule has 0 bridgehead atoms. The first-order valence-corrected chi connectivity index (χ1v) is 14.4. The van der Waals surface area contributed by atoms with Crippen LogP contribution in [0.4, 0.5) is 0 Å². The normalized spacial score (nSPS) is 15.4. The van der Waals surface area contributed by atoms with Crippen LogP contribution in [-0.4, -0.2) is 23.4 Å². The van der Waals surface area contributed by atoms with E-state index < -0.39 is 12.0 Å². The lowest BCUT2D eigenvalue weighted by Gasteiger charge is -2.24. The van der Waals surface area contributed by atoms with Crippen LogP contribution in [0.2, 0.25) is 5.02 Å². The minimum Gasteiger partial charge on any atom is -0.463 e. The molecule has 4 aromatic rings. The number of hydrogen-bond acceptors (Lipinski definition) is 7. The highest BCUT2D eigenvalue weighted by Crippen LogP contribution is 2.32. The van der Waals surface area contributed by atoms with Crippen molar-refractivity contribution in [1.82, 2.24) is 4.57 Å². The number of carbonyl (C=O) groups excluding carboxylic acids is 1. The second-order valence-electron chi connectivity index (χ2n) is 8.74. The van der Waals surface area contributed by atoms with Gasteiger partial charge >= 0.3 is 5.97 Å². The lowest BCUT2D eigenvalue weighted by Crippen LogP contribution is -2.39. The van der Waals surface area contributed by atoms with E-state index in [-0.39, 0.29) is 12.2 Å². The van der Waals surface area contributed by atoms with Crippen molar-refractivity contribution < 1.29 is 13.9 Å². The van der Waals surface area contributed by atoms with Crippen LogP contribution in [0.3, 0.4) is 0 Å². The van der Waals surface area contributed by atoms with Crippen molar-refractivity contribution in [3.05, 3.63) is 107 Å². The number of thiazole rings is 1. The highest BCUT2D eigenvalue weighted by atomic mass is 35.5. The molecule has 1 aliphatic rings. The number of carbonyl (C=O) groups is 1. The summed E-state index contributed by atoms with van der Waals surface area (Å²) in [5, 5.41) is 0.621. The molecule has 1 atom stereocenters. The molecule has 6 nitrogen and oxygen atoms in total. The number of halogens is 1. The van der Waals surface area contributed by atoms with Crippen LogP contribution in [-0.2, 0) is 9.53 Å². The Kier molecular flexibility index (Phi) is 7.47. The summed E-state index contributed by atoms with van der Waals surface area (Å²) in [5.74, 6) is 0.720. The van der Waals surface area contributed by atoms with E-state index in [4.69, 9.17) is 20.8 Å². The van der Waals surface area contributed by atoms with Gasteiger partial charge in [0.25, 0.3) is 5.56 Å². The number of ether oxygens (including phenoxy) is 1. The van der Waals surface area contributed by atoms with Crippen molar-refractivity contribution in [3.8, 4) is 11.3 Å². The first kappa shape index (κ1) is 26.3. The van der Waals surface area contributed by atoms with Gasteiger partial charge in [-0.05, 0) is 74.6 Å². The monoisotopic (exact) mass is 564 g/mol. The van der Waals surface area contributed by atoms with E-state index in [2.05, 4.69) is 4.99 Å². The number of benzene rings is 2. The number of hydrogen-bond donors (Lipinski definition) is 0. The van der Waals surface area contributed by atoms with Crippen LogP contribution in [0.5, 0.6) is 0 Å². The third-order valence-electron chi connectivity index (χ3n) is 6.31. The van der Waals surface area contributed by atoms with E-state index in [1.807, 2.05) is 67.8 Å². The predicted octanol–water partition coefficient (Wildman–Crippen LogP) is 5.74. The van der Waals surface area contributed by atoms with Crippen molar-refractivity contribution in [1.29, 1.82) is 0 Å². The molecule has 0 spiro atoms. The fourth-order valence-electron chi connectivity index (χ4n) is 4.46. The summed E-state index contributed by atoms with van der Waals surface area (Å²) in [7, 11) is 0. The van der Waals surface area contributed by atoms with Crippen LogP contribution in [0.25, 0.3) is 17.4 Å². The topological polar surface area (TPSA) is 73.8 Å². The average molecular weight is 565 g/mol. The van der Waals surface area contributed by atoms with Crippen LogP contribution in [0, 0.1) is 6.92 Å². The van der Waals surface area contributed by atoms with Gasteiger partial charge in [0.15, 0.2) is 4.80 Å². The maximum Gasteiger partial charge on any atom is 0.338 e. The number of thioether (sulfide) groups is 1. The highest BCUT2D eigenvalue weighted by Gasteiger charge is 2.33. The summed E-state index contributed by atoms with van der Waals surface area (Å²) in [6, 6.07) is 16.5. The van der Waals surface area contributed by atoms with E-state index in [1.165, 1.54) is 11.3 Å². The van der Waals surface area contributed by atoms with Gasteiger partial charge in [0.1, 0.15) is 11.5 Å². The molecule has 0 unspecified atom stereocenters. The maximum atomic E-state index is 13.8. The number of aromatic nitrogens is 1. The zero-order valence-electron chi connectivity index (χ0n) is 21.3. The summed E-state index contributed by atoms with van der Waals surface area (Å²) in [6.45, 7) is 5.75. The summed E-state index contributed by atoms with van der Waals surface area (Å²) < 4.78 is 13.5. The Morgan fingerprint density at radius 1 is 1.18 bits per heavy atom. The molecule has 2 aromatic heterocycles. The Morgan fingerprint density at radius 2 is 1.95 bits per heavy atom. The van der Waals surface area contributed by atoms with Crippen molar-refractivity contribution in [2.24, 2.45) is 4.99 Å². The number of fused-ring (bicyclic) bond motifs is 1. The van der Waals surface area contributed by atoms with Gasteiger partial charge in [0.2, 0.25) is 0 Å². The number of rotatable bonds is 6. The molecule has 5 rings (SSSR count). The van der Waals surface area contributed by atoms with Gasteiger partial charge in [-0.3, -0.25) is 9.36 Å². The zero-order valence-corrected chi connectivity index (χ0v) is 23.7. The number of furan rings is 1. The van der Waals surface area contributed by atoms with E-state index in [1.54, 1.807) is 36.3 Å². The van der Waals surface area contributed by atoms with Gasteiger partial charge in [-0.1, -0.05) is 41.1 Å². The largest absolute Gasteiger partial charge is 0.463 e. The average Bonchev–Trinajstić information content (AvgIpc) is 3.49. The summed E-state index contributed by atoms with van der Waals surface area (Å²) >= 11 is 9.07. The van der Waals surface area contributed by atoms with E-state index in [0.29, 0.717) is 37.1 Å². The van der Waals surface area contributed by atoms with Crippen LogP contribution in [0.15, 0.2) is 85.0 Å². The molecular formula is C29H25ClN2O4S2. The molecule has 1 aliphatic heterocycles. The SMILES string of the molecule is CCOC(=O)C1=C(C)N=c2s/c(=C\c3ccc(-c4cc(Cl)ccc4C)o3)c(=O)n2[C@H]1c1ccc(SC)cc1. The molecule has 0 saturated carbocycles. The van der Waals surface area contributed by atoms with Gasteiger partial charge in [0, 0.05) is 21.6 Å². The highest BCUT2D eigenvalue weighted by molar-refractivity contribution is 7.98. The molecule has 3 heterocycles. The molecule has 0 amide bonds. The Labute approximate surface area is 232 Å². The van der Waals surface area contributed by atoms with Crippen molar-refractivity contribution in [3.63, 3.8) is 0 Å². The van der Waals surface area contributed by atoms with Gasteiger partial charge in [-0.25, -0.2) is 9.79 Å². The molecular weight excluding hydrogens is 540 g/mol. The van der Waals surface area contributed by atoms with Crippen molar-refractivity contribution in [2.75, 3.05) is 12.9 Å². The molecule has 0 fully saturated rings. The molecule has 0 saturated heterocycles. The number of esters is 1. The molecule has 0 aliphatic carbocycles. The van der Waals surface area contributed by atoms with E-state index in [9.17, 15) is 9.59 Å². The lowest BCUT2D eigenvalue weighted by atomic mass is 9.96. The summed E-state index contributed by atoms with van der Waals surface area (Å²) in [5.41, 5.74) is 3.38. The maximum absolute atomic E-state index is 13.8. The minimum atomic E-state index is -0.648. The van der Waals surface area contributed by atoms with Gasteiger partial charge in [0.05, 0.1) is 28.5 Å². The minimum absolute atomic E-state index is 0.227. The third kappa shape index (κ3) is 4.91. The molecule has 38 heavy (non-hydrogen) atoms. The Morgan fingerprint density at radius 3 is 2.66 bits per heavy atom. The standard InChI is InChI=1S/C29H25ClN2O4S2/c1-5-35-28(34)25-17(3)31-29-32(26(25)18-7-11-21(37-4)12-8-18)27(33)24(38-29)15-20-10-13-23(36-20)22-14-19(30)9-6-16(22)2/h6-15,26H,5H2,1-4H3/b24-15-/t26-/m0/s1. The molecule has 194 valence electrons. The lowest BCUT2D eigenvalue weighted by molar-refractivity contribution is -0.139. The zero-order chi connectivity index (χ0) is 27.0. The smallest absolute Gasteiger partial charge is 0.338 e. The number of allylic oxidation sites excluding steroid dienone is 1. The van der Waals surface area contributed by atoms with Crippen LogP contribution in [0.1, 0.15) is 36.8 Å². The second-order valence-corrected chi connectivity index (χ2v) is 11.1. The number of aryl methyl sites for hydroxylation is 1. The Hall–Kier alpha value is -3.33. The van der Waals surface area contributed by atoms with E-state index in [0.717, 1.165) is 21.6 Å². The molecule has 0 radical (unpaired) electrons. The molecule has 9 heteroatoms. The third-order valence-corrected chi connectivity index (χ3v) is 8.28. The fraction of sp³-hybridized carbons (Fsp3) is 0.207. The van der Waals surface area contributed by atoms with Crippen LogP contribution < -0.4 is 14.9 Å². The Bertz CT molecular complexity index is 1750. The summed E-state index contributed by atoms with van der Waals surface area (Å²) in [6.07, 6.45) is 3.71. The first-order valence-electron chi connectivity index (χ1n) is 12.0. The fourth-order valence-corrected chi connectivity index (χ4v) is 6.06. The van der Waals surface area contributed by atoms with E-state index >= 15 is 0 Å². The van der Waals surface area contributed by atoms with Gasteiger partial charge < -0.3 is 9.15 Å². The second kappa shape index (κ2) is 10.8. The van der Waals surface area contributed by atoms with Crippen LogP contribution >= 0.6 is 34.7 Å². The van der Waals surface area contributed by atoms with Crippen molar-refractivity contribution >= 4 is 46.7 Å². The Balaban J connectivity index is 1.64.